The van der Waals surface area contributed by atoms with E-state index < -0.39 is 12.2 Å². The first kappa shape index (κ1) is 23.8. The van der Waals surface area contributed by atoms with Crippen molar-refractivity contribution in [2.45, 2.75) is 118 Å². The van der Waals surface area contributed by atoms with E-state index in [2.05, 4.69) is 47.6 Å². The van der Waals surface area contributed by atoms with Gasteiger partial charge in [0.1, 0.15) is 6.10 Å². The van der Waals surface area contributed by atoms with Crippen molar-refractivity contribution in [2.75, 3.05) is 0 Å². The molecule has 0 aromatic heterocycles. The van der Waals surface area contributed by atoms with Crippen molar-refractivity contribution in [3.8, 4) is 0 Å². The van der Waals surface area contributed by atoms with E-state index in [0.717, 1.165) is 54.8 Å². The van der Waals surface area contributed by atoms with Crippen molar-refractivity contribution in [3.63, 3.8) is 0 Å². The van der Waals surface area contributed by atoms with Crippen LogP contribution in [0.2, 0.25) is 0 Å². The Kier molecular flexibility index (Phi) is 6.75. The first-order valence-corrected chi connectivity index (χ1v) is 13.7. The summed E-state index contributed by atoms with van der Waals surface area (Å²) in [6.45, 7) is 14.8. The minimum absolute atomic E-state index is 0.109. The van der Waals surface area contributed by atoms with E-state index in [9.17, 15) is 10.2 Å². The molecule has 0 unspecified atom stereocenters. The third kappa shape index (κ3) is 3.86. The quantitative estimate of drug-likeness (QED) is 0.446. The van der Waals surface area contributed by atoms with Crippen molar-refractivity contribution < 1.29 is 10.2 Å². The second kappa shape index (κ2) is 8.79. The van der Waals surface area contributed by atoms with Gasteiger partial charge < -0.3 is 10.2 Å². The molecule has 4 aliphatic rings. The molecular weight excluding hydrogens is 380 g/mol. The molecule has 2 N–H and O–H groups in total. The van der Waals surface area contributed by atoms with E-state index in [0.29, 0.717) is 11.3 Å². The van der Waals surface area contributed by atoms with Crippen LogP contribution in [0.15, 0.2) is 11.6 Å². The lowest BCUT2D eigenvalue weighted by atomic mass is 9.46. The van der Waals surface area contributed by atoms with Crippen molar-refractivity contribution in [2.24, 2.45) is 52.3 Å². The standard InChI is InChI=1S/C29H50O2/c1-7-20(18(2)3)9-8-19(4)22-12-13-23-21-10-11-25-27(31)26(30)15-17-29(25,6)24(21)14-16-28(22,23)5/h11,18-24,26-27,30-31H,7-10,12-17H2,1-6H3/t19-,20-,21+,22-,23+,24+,26+,27-,28-,29-/m1/s1. The summed E-state index contributed by atoms with van der Waals surface area (Å²) in [5.41, 5.74) is 1.80. The number of aliphatic hydroxyl groups excluding tert-OH is 2. The number of aliphatic hydroxyl groups is 2. The van der Waals surface area contributed by atoms with Crippen LogP contribution in [-0.2, 0) is 0 Å². The maximum Gasteiger partial charge on any atom is 0.101 e. The van der Waals surface area contributed by atoms with E-state index in [1.54, 1.807) is 0 Å². The molecule has 0 bridgehead atoms. The van der Waals surface area contributed by atoms with Crippen LogP contribution >= 0.6 is 0 Å². The number of allylic oxidation sites excluding steroid dienone is 1. The Labute approximate surface area is 192 Å². The van der Waals surface area contributed by atoms with Gasteiger partial charge in [0, 0.05) is 0 Å². The van der Waals surface area contributed by atoms with Crippen LogP contribution in [0.5, 0.6) is 0 Å². The number of hydrogen-bond donors (Lipinski definition) is 2. The molecule has 0 heterocycles. The Balaban J connectivity index is 1.49. The first-order chi connectivity index (χ1) is 14.6. The topological polar surface area (TPSA) is 40.5 Å². The molecule has 0 spiro atoms. The van der Waals surface area contributed by atoms with Crippen LogP contribution in [0.1, 0.15) is 106 Å². The SMILES string of the molecule is CC[C@H](CC[C@@H](C)[C@H]1CC[C@H]2[C@@H]3CC=C4[C@@H](O)[C@@H](O)CC[C@]4(C)[C@H]3CC[C@]12C)C(C)C. The predicted molar refractivity (Wildman–Crippen MR) is 130 cm³/mol. The highest BCUT2D eigenvalue weighted by Gasteiger charge is 2.60. The highest BCUT2D eigenvalue weighted by atomic mass is 16.3. The molecule has 31 heavy (non-hydrogen) atoms. The van der Waals surface area contributed by atoms with Crippen molar-refractivity contribution in [1.29, 1.82) is 0 Å². The normalized spacial score (nSPS) is 46.7. The van der Waals surface area contributed by atoms with Crippen LogP contribution in [0, 0.1) is 52.3 Å². The summed E-state index contributed by atoms with van der Waals surface area (Å²) in [5, 5.41) is 21.0. The van der Waals surface area contributed by atoms with Gasteiger partial charge in [-0.3, -0.25) is 0 Å². The molecule has 0 aromatic rings. The van der Waals surface area contributed by atoms with Crippen molar-refractivity contribution in [3.05, 3.63) is 11.6 Å². The maximum atomic E-state index is 10.7. The maximum absolute atomic E-state index is 10.7. The smallest absolute Gasteiger partial charge is 0.101 e. The third-order valence-corrected chi connectivity index (χ3v) is 11.4. The van der Waals surface area contributed by atoms with E-state index >= 15 is 0 Å². The molecular formula is C29H50O2. The Hall–Kier alpha value is -0.340. The molecule has 2 heteroatoms. The summed E-state index contributed by atoms with van der Waals surface area (Å²) < 4.78 is 0. The monoisotopic (exact) mass is 430 g/mol. The number of rotatable bonds is 6. The molecule has 0 radical (unpaired) electrons. The largest absolute Gasteiger partial charge is 0.390 e. The summed E-state index contributed by atoms with van der Waals surface area (Å²) in [6.07, 6.45) is 13.8. The zero-order valence-electron chi connectivity index (χ0n) is 21.2. The molecule has 178 valence electrons. The molecule has 3 saturated carbocycles. The fourth-order valence-electron chi connectivity index (χ4n) is 9.38. The van der Waals surface area contributed by atoms with E-state index in [-0.39, 0.29) is 5.41 Å². The highest BCUT2D eigenvalue weighted by Crippen LogP contribution is 2.67. The summed E-state index contributed by atoms with van der Waals surface area (Å²) in [5.74, 6) is 5.77. The average molecular weight is 431 g/mol. The van der Waals surface area contributed by atoms with Crippen molar-refractivity contribution in [1.82, 2.24) is 0 Å². The van der Waals surface area contributed by atoms with Gasteiger partial charge in [0.2, 0.25) is 0 Å². The lowest BCUT2D eigenvalue weighted by molar-refractivity contribution is -0.0802. The summed E-state index contributed by atoms with van der Waals surface area (Å²) in [7, 11) is 0. The minimum atomic E-state index is -0.628. The van der Waals surface area contributed by atoms with E-state index in [4.69, 9.17) is 0 Å². The predicted octanol–water partition coefficient (Wildman–Crippen LogP) is 7.00. The highest BCUT2D eigenvalue weighted by molar-refractivity contribution is 5.29. The van der Waals surface area contributed by atoms with Gasteiger partial charge in [0.15, 0.2) is 0 Å². The third-order valence-electron chi connectivity index (χ3n) is 11.4. The average Bonchev–Trinajstić information content (AvgIpc) is 3.08. The fraction of sp³-hybridized carbons (Fsp3) is 0.931. The van der Waals surface area contributed by atoms with Gasteiger partial charge in [-0.25, -0.2) is 0 Å². The molecule has 0 saturated heterocycles. The first-order valence-electron chi connectivity index (χ1n) is 13.7. The molecule has 3 fully saturated rings. The van der Waals surface area contributed by atoms with Gasteiger partial charge in [-0.15, -0.1) is 0 Å². The van der Waals surface area contributed by atoms with Crippen LogP contribution < -0.4 is 0 Å². The summed E-state index contributed by atoms with van der Waals surface area (Å²) >= 11 is 0. The lowest BCUT2D eigenvalue weighted by Gasteiger charge is -2.59. The molecule has 0 aliphatic heterocycles. The van der Waals surface area contributed by atoms with Crippen LogP contribution in [0.4, 0.5) is 0 Å². The minimum Gasteiger partial charge on any atom is -0.390 e. The summed E-state index contributed by atoms with van der Waals surface area (Å²) in [4.78, 5) is 0. The second-order valence-electron chi connectivity index (χ2n) is 12.9. The fourth-order valence-corrected chi connectivity index (χ4v) is 9.38. The zero-order chi connectivity index (χ0) is 22.6. The molecule has 2 nitrogen and oxygen atoms in total. The molecule has 10 atom stereocenters. The Morgan fingerprint density at radius 1 is 0.968 bits per heavy atom. The molecule has 0 aromatic carbocycles. The van der Waals surface area contributed by atoms with Crippen molar-refractivity contribution >= 4 is 0 Å². The molecule has 4 aliphatic carbocycles. The Morgan fingerprint density at radius 2 is 1.71 bits per heavy atom. The lowest BCUT2D eigenvalue weighted by Crippen LogP contribution is -2.53. The molecule has 4 rings (SSSR count). The van der Waals surface area contributed by atoms with E-state index in [1.807, 2.05) is 0 Å². The molecule has 0 amide bonds. The van der Waals surface area contributed by atoms with Gasteiger partial charge >= 0.3 is 0 Å². The summed E-state index contributed by atoms with van der Waals surface area (Å²) in [6, 6.07) is 0. The Bertz CT molecular complexity index is 668. The van der Waals surface area contributed by atoms with Gasteiger partial charge in [0.25, 0.3) is 0 Å². The van der Waals surface area contributed by atoms with Gasteiger partial charge in [0.05, 0.1) is 6.10 Å². The van der Waals surface area contributed by atoms with E-state index in [1.165, 1.54) is 50.5 Å². The van der Waals surface area contributed by atoms with Gasteiger partial charge in [-0.2, -0.15) is 0 Å². The van der Waals surface area contributed by atoms with Gasteiger partial charge in [-0.1, -0.05) is 60.5 Å². The number of fused-ring (bicyclic) bond motifs is 5. The van der Waals surface area contributed by atoms with Gasteiger partial charge in [-0.05, 0) is 109 Å². The zero-order valence-corrected chi connectivity index (χ0v) is 21.2. The number of hydrogen-bond acceptors (Lipinski definition) is 2. The van der Waals surface area contributed by atoms with Crippen LogP contribution in [-0.4, -0.2) is 22.4 Å². The Morgan fingerprint density at radius 3 is 2.39 bits per heavy atom. The van der Waals surface area contributed by atoms with Crippen LogP contribution in [0.3, 0.4) is 0 Å². The van der Waals surface area contributed by atoms with Crippen LogP contribution in [0.25, 0.3) is 0 Å². The second-order valence-corrected chi connectivity index (χ2v) is 12.9.